The number of benzene rings is 3. The van der Waals surface area contributed by atoms with Crippen LogP contribution in [0.15, 0.2) is 91.0 Å². The summed E-state index contributed by atoms with van der Waals surface area (Å²) < 4.78 is 9.44. The SMILES string of the molecule is COC(=O)C(C(=O)OC)[C@H](C)[C@H](NC(=O)C(c1ccccc1)(c1ccccc1)c1ccccc1)C(=O)O. The largest absolute Gasteiger partial charge is 0.480 e. The third-order valence-electron chi connectivity index (χ3n) is 6.48. The average molecular weight is 504 g/mol. The Bertz CT molecular complexity index is 1120. The summed E-state index contributed by atoms with van der Waals surface area (Å²) in [5, 5.41) is 12.7. The van der Waals surface area contributed by atoms with Crippen LogP contribution in [0.4, 0.5) is 0 Å². The van der Waals surface area contributed by atoms with E-state index in [0.29, 0.717) is 16.7 Å². The molecule has 3 rings (SSSR count). The lowest BCUT2D eigenvalue weighted by molar-refractivity contribution is -0.163. The van der Waals surface area contributed by atoms with Crippen LogP contribution >= 0.6 is 0 Å². The molecule has 0 bridgehead atoms. The first kappa shape index (κ1) is 27.1. The first-order chi connectivity index (χ1) is 17.8. The van der Waals surface area contributed by atoms with Crippen LogP contribution in [-0.2, 0) is 34.1 Å². The fourth-order valence-corrected chi connectivity index (χ4v) is 4.60. The topological polar surface area (TPSA) is 119 Å². The third kappa shape index (κ3) is 5.38. The Balaban J connectivity index is 2.20. The molecule has 0 saturated carbocycles. The van der Waals surface area contributed by atoms with Crippen molar-refractivity contribution in [2.75, 3.05) is 14.2 Å². The van der Waals surface area contributed by atoms with Crippen molar-refractivity contribution in [3.8, 4) is 0 Å². The van der Waals surface area contributed by atoms with Crippen molar-refractivity contribution in [3.63, 3.8) is 0 Å². The minimum atomic E-state index is -1.62. The van der Waals surface area contributed by atoms with Crippen molar-refractivity contribution in [2.45, 2.75) is 18.4 Å². The first-order valence-corrected chi connectivity index (χ1v) is 11.6. The van der Waals surface area contributed by atoms with Crippen LogP contribution in [0.3, 0.4) is 0 Å². The van der Waals surface area contributed by atoms with E-state index in [1.54, 1.807) is 72.8 Å². The second-order valence-corrected chi connectivity index (χ2v) is 8.52. The molecule has 37 heavy (non-hydrogen) atoms. The van der Waals surface area contributed by atoms with Crippen LogP contribution in [0.2, 0.25) is 0 Å². The molecular formula is C29H29NO7. The summed E-state index contributed by atoms with van der Waals surface area (Å²) in [4.78, 5) is 51.6. The molecule has 0 aliphatic rings. The molecule has 2 N–H and O–H groups in total. The number of carbonyl (C=O) groups excluding carboxylic acids is 3. The van der Waals surface area contributed by atoms with Gasteiger partial charge in [0.2, 0.25) is 5.91 Å². The Hall–Kier alpha value is -4.46. The molecule has 0 aliphatic heterocycles. The number of nitrogens with one attached hydrogen (secondary N) is 1. The summed E-state index contributed by atoms with van der Waals surface area (Å²) in [6.45, 7) is 1.38. The molecule has 0 spiro atoms. The second kappa shape index (κ2) is 12.0. The monoisotopic (exact) mass is 503 g/mol. The van der Waals surface area contributed by atoms with Crippen molar-refractivity contribution >= 4 is 23.8 Å². The summed E-state index contributed by atoms with van der Waals surface area (Å²) in [7, 11) is 2.18. The molecule has 0 saturated heterocycles. The zero-order chi connectivity index (χ0) is 27.0. The van der Waals surface area contributed by atoms with Gasteiger partial charge in [-0.15, -0.1) is 0 Å². The van der Waals surface area contributed by atoms with E-state index in [-0.39, 0.29) is 0 Å². The summed E-state index contributed by atoms with van der Waals surface area (Å²) in [5.41, 5.74) is 0.390. The van der Waals surface area contributed by atoms with E-state index in [1.165, 1.54) is 6.92 Å². The minimum absolute atomic E-state index is 0.610. The normalized spacial score (nSPS) is 12.8. The maximum Gasteiger partial charge on any atom is 0.326 e. The maximum atomic E-state index is 14.4. The van der Waals surface area contributed by atoms with Gasteiger partial charge in [0.05, 0.1) is 14.2 Å². The number of hydrogen-bond donors (Lipinski definition) is 2. The van der Waals surface area contributed by atoms with Crippen molar-refractivity contribution < 1.29 is 33.8 Å². The molecule has 8 nitrogen and oxygen atoms in total. The van der Waals surface area contributed by atoms with Crippen molar-refractivity contribution in [2.24, 2.45) is 11.8 Å². The van der Waals surface area contributed by atoms with E-state index >= 15 is 0 Å². The maximum absolute atomic E-state index is 14.4. The van der Waals surface area contributed by atoms with Gasteiger partial charge in [0.1, 0.15) is 11.5 Å². The molecule has 0 aromatic heterocycles. The van der Waals surface area contributed by atoms with Crippen LogP contribution in [0.5, 0.6) is 0 Å². The number of carbonyl (C=O) groups is 4. The van der Waals surface area contributed by atoms with Crippen LogP contribution in [0, 0.1) is 11.8 Å². The van der Waals surface area contributed by atoms with Crippen molar-refractivity contribution in [1.29, 1.82) is 0 Å². The molecule has 192 valence electrons. The number of amides is 1. The number of aliphatic carboxylic acids is 1. The van der Waals surface area contributed by atoms with Crippen LogP contribution in [-0.4, -0.2) is 49.2 Å². The van der Waals surface area contributed by atoms with Gasteiger partial charge in [-0.3, -0.25) is 14.4 Å². The zero-order valence-corrected chi connectivity index (χ0v) is 20.8. The Labute approximate surface area is 215 Å². The number of esters is 2. The fraction of sp³-hybridized carbons (Fsp3) is 0.241. The Morgan fingerprint density at radius 2 is 1.05 bits per heavy atom. The van der Waals surface area contributed by atoms with Gasteiger partial charge in [-0.25, -0.2) is 4.79 Å². The highest BCUT2D eigenvalue weighted by atomic mass is 16.5. The second-order valence-electron chi connectivity index (χ2n) is 8.52. The van der Waals surface area contributed by atoms with Gasteiger partial charge >= 0.3 is 17.9 Å². The summed E-state index contributed by atoms with van der Waals surface area (Å²) >= 11 is 0. The molecule has 0 aliphatic carbocycles. The molecule has 0 radical (unpaired) electrons. The molecule has 3 aromatic carbocycles. The lowest BCUT2D eigenvalue weighted by Crippen LogP contribution is -2.56. The summed E-state index contributed by atoms with van der Waals surface area (Å²) in [6, 6.07) is 25.4. The zero-order valence-electron chi connectivity index (χ0n) is 20.8. The molecule has 2 atom stereocenters. The van der Waals surface area contributed by atoms with E-state index < -0.39 is 47.1 Å². The van der Waals surface area contributed by atoms with Gasteiger partial charge in [-0.1, -0.05) is 97.9 Å². The number of hydrogen-bond acceptors (Lipinski definition) is 6. The molecule has 0 heterocycles. The number of ether oxygens (including phenoxy) is 2. The van der Waals surface area contributed by atoms with Crippen molar-refractivity contribution in [3.05, 3.63) is 108 Å². The van der Waals surface area contributed by atoms with Gasteiger partial charge in [0.25, 0.3) is 0 Å². The quantitative estimate of drug-likeness (QED) is 0.248. The van der Waals surface area contributed by atoms with E-state index in [2.05, 4.69) is 5.32 Å². The lowest BCUT2D eigenvalue weighted by atomic mass is 9.68. The number of rotatable bonds is 10. The number of methoxy groups -OCH3 is 2. The highest BCUT2D eigenvalue weighted by Gasteiger charge is 2.48. The smallest absolute Gasteiger partial charge is 0.326 e. The van der Waals surface area contributed by atoms with E-state index in [4.69, 9.17) is 9.47 Å². The van der Waals surface area contributed by atoms with E-state index in [1.807, 2.05) is 18.2 Å². The molecule has 3 aromatic rings. The molecular weight excluding hydrogens is 474 g/mol. The highest BCUT2D eigenvalue weighted by molar-refractivity contribution is 5.99. The first-order valence-electron chi connectivity index (χ1n) is 11.6. The third-order valence-corrected chi connectivity index (χ3v) is 6.48. The minimum Gasteiger partial charge on any atom is -0.480 e. The van der Waals surface area contributed by atoms with Gasteiger partial charge in [0.15, 0.2) is 5.92 Å². The molecule has 0 fully saturated rings. The van der Waals surface area contributed by atoms with Gasteiger partial charge in [0, 0.05) is 5.92 Å². The fourth-order valence-electron chi connectivity index (χ4n) is 4.60. The highest BCUT2D eigenvalue weighted by Crippen LogP contribution is 2.40. The molecule has 0 unspecified atom stereocenters. The van der Waals surface area contributed by atoms with Crippen molar-refractivity contribution in [1.82, 2.24) is 5.32 Å². The predicted molar refractivity (Wildman–Crippen MR) is 135 cm³/mol. The Morgan fingerprint density at radius 1 is 0.703 bits per heavy atom. The number of carboxylic acids is 1. The van der Waals surface area contributed by atoms with E-state index in [0.717, 1.165) is 14.2 Å². The van der Waals surface area contributed by atoms with Gasteiger partial charge in [-0.2, -0.15) is 0 Å². The summed E-state index contributed by atoms with van der Waals surface area (Å²) in [6.07, 6.45) is 0. The summed E-state index contributed by atoms with van der Waals surface area (Å²) in [5.74, 6) is -6.72. The van der Waals surface area contributed by atoms with Crippen LogP contribution in [0.1, 0.15) is 23.6 Å². The average Bonchev–Trinajstić information content (AvgIpc) is 2.93. The van der Waals surface area contributed by atoms with Crippen LogP contribution < -0.4 is 5.32 Å². The standard InChI is InChI=1S/C29H29NO7/c1-19(23(26(33)36-2)27(34)37-3)24(25(31)32)30-28(35)29(20-13-7-4-8-14-20,21-15-9-5-10-16-21)22-17-11-6-12-18-22/h4-19,23-24H,1-3H3,(H,30,35)(H,31,32)/t19-,24-/m0/s1. The predicted octanol–water partition coefficient (Wildman–Crippen LogP) is 3.19. The van der Waals surface area contributed by atoms with Gasteiger partial charge in [-0.05, 0) is 16.7 Å². The number of carboxylic acid groups (broad SMARTS) is 1. The van der Waals surface area contributed by atoms with E-state index in [9.17, 15) is 24.3 Å². The Morgan fingerprint density at radius 3 is 1.35 bits per heavy atom. The molecule has 8 heteroatoms. The lowest BCUT2D eigenvalue weighted by Gasteiger charge is -2.36. The van der Waals surface area contributed by atoms with Crippen LogP contribution in [0.25, 0.3) is 0 Å². The molecule has 1 amide bonds. The Kier molecular flexibility index (Phi) is 8.79. The van der Waals surface area contributed by atoms with Gasteiger partial charge < -0.3 is 19.9 Å².